The lowest BCUT2D eigenvalue weighted by atomic mass is 10.1. The number of carbonyl (C=O) groups is 1. The van der Waals surface area contributed by atoms with Crippen molar-refractivity contribution in [2.75, 3.05) is 19.8 Å². The summed E-state index contributed by atoms with van der Waals surface area (Å²) in [4.78, 5) is 12.0. The molecule has 0 heterocycles. The third-order valence-corrected chi connectivity index (χ3v) is 6.53. The van der Waals surface area contributed by atoms with E-state index in [1.54, 1.807) is 0 Å². The highest BCUT2D eigenvalue weighted by Crippen LogP contribution is 2.11. The van der Waals surface area contributed by atoms with Crippen LogP contribution in [0.1, 0.15) is 149 Å². The third kappa shape index (κ3) is 27.5. The van der Waals surface area contributed by atoms with Crippen LogP contribution in [-0.4, -0.2) is 37.0 Å². The van der Waals surface area contributed by atoms with Crippen LogP contribution in [0, 0.1) is 0 Å². The Labute approximate surface area is 224 Å². The Hall–Kier alpha value is -1.13. The molecule has 36 heavy (non-hydrogen) atoms. The van der Waals surface area contributed by atoms with Gasteiger partial charge in [0.05, 0.1) is 13.2 Å². The molecular formula is C32H60O4. The Morgan fingerprint density at radius 3 is 1.78 bits per heavy atom. The summed E-state index contributed by atoms with van der Waals surface area (Å²) in [6.07, 6.45) is 33.5. The second-order valence-electron chi connectivity index (χ2n) is 10.2. The molecule has 0 rings (SSSR count). The highest BCUT2D eigenvalue weighted by Gasteiger charge is 2.13. The van der Waals surface area contributed by atoms with Crippen LogP contribution in [0.5, 0.6) is 0 Å². The summed E-state index contributed by atoms with van der Waals surface area (Å²) in [7, 11) is 0. The smallest absolute Gasteiger partial charge is 0.306 e. The minimum Gasteiger partial charge on any atom is -0.457 e. The van der Waals surface area contributed by atoms with E-state index in [0.29, 0.717) is 19.6 Å². The summed E-state index contributed by atoms with van der Waals surface area (Å²) >= 11 is 0. The molecule has 0 radical (unpaired) electrons. The van der Waals surface area contributed by atoms with Gasteiger partial charge < -0.3 is 14.6 Å². The number of aliphatic hydroxyl groups is 1. The van der Waals surface area contributed by atoms with Crippen LogP contribution in [0.3, 0.4) is 0 Å². The summed E-state index contributed by atoms with van der Waals surface area (Å²) in [5.74, 6) is -0.211. The molecule has 0 amide bonds. The molecule has 0 spiro atoms. The van der Waals surface area contributed by atoms with E-state index < -0.39 is 6.10 Å². The molecule has 0 aliphatic carbocycles. The molecule has 0 aromatic heterocycles. The summed E-state index contributed by atoms with van der Waals surface area (Å²) < 4.78 is 11.0. The monoisotopic (exact) mass is 508 g/mol. The maximum absolute atomic E-state index is 12.0. The Balaban J connectivity index is 3.46. The van der Waals surface area contributed by atoms with Crippen LogP contribution in [-0.2, 0) is 14.3 Å². The van der Waals surface area contributed by atoms with E-state index in [2.05, 4.69) is 38.2 Å². The van der Waals surface area contributed by atoms with E-state index >= 15 is 0 Å². The van der Waals surface area contributed by atoms with Crippen LogP contribution in [0.2, 0.25) is 0 Å². The first kappa shape index (κ1) is 34.9. The fourth-order valence-electron chi connectivity index (χ4n) is 4.18. The zero-order valence-electron chi connectivity index (χ0n) is 24.0. The first-order valence-electron chi connectivity index (χ1n) is 15.4. The number of hydrogen-bond acceptors (Lipinski definition) is 4. The van der Waals surface area contributed by atoms with Crippen molar-refractivity contribution in [3.05, 3.63) is 24.3 Å². The lowest BCUT2D eigenvalue weighted by Crippen LogP contribution is -2.27. The molecule has 0 aliphatic heterocycles. The first-order valence-corrected chi connectivity index (χ1v) is 15.4. The number of esters is 1. The van der Waals surface area contributed by atoms with Gasteiger partial charge in [0.2, 0.25) is 0 Å². The zero-order chi connectivity index (χ0) is 26.4. The van der Waals surface area contributed by atoms with Crippen LogP contribution >= 0.6 is 0 Å². The molecule has 212 valence electrons. The molecule has 0 saturated heterocycles. The lowest BCUT2D eigenvalue weighted by Gasteiger charge is -2.15. The van der Waals surface area contributed by atoms with Crippen molar-refractivity contribution in [1.29, 1.82) is 0 Å². The predicted octanol–water partition coefficient (Wildman–Crippen LogP) is 9.25. The van der Waals surface area contributed by atoms with E-state index in [4.69, 9.17) is 9.47 Å². The van der Waals surface area contributed by atoms with Crippen LogP contribution in [0.4, 0.5) is 0 Å². The van der Waals surface area contributed by atoms with Gasteiger partial charge in [0.1, 0.15) is 6.10 Å². The van der Waals surface area contributed by atoms with Gasteiger partial charge in [-0.2, -0.15) is 0 Å². The van der Waals surface area contributed by atoms with Gasteiger partial charge in [0.25, 0.3) is 0 Å². The van der Waals surface area contributed by atoms with Crippen molar-refractivity contribution in [2.45, 2.75) is 155 Å². The van der Waals surface area contributed by atoms with E-state index in [9.17, 15) is 9.90 Å². The highest BCUT2D eigenvalue weighted by molar-refractivity contribution is 5.69. The summed E-state index contributed by atoms with van der Waals surface area (Å²) in [5.41, 5.74) is 0. The average Bonchev–Trinajstić information content (AvgIpc) is 2.88. The molecule has 1 N–H and O–H groups in total. The third-order valence-electron chi connectivity index (χ3n) is 6.53. The van der Waals surface area contributed by atoms with Gasteiger partial charge in [0, 0.05) is 13.0 Å². The predicted molar refractivity (Wildman–Crippen MR) is 154 cm³/mol. The minimum atomic E-state index is -0.531. The van der Waals surface area contributed by atoms with Gasteiger partial charge >= 0.3 is 5.97 Å². The topological polar surface area (TPSA) is 55.8 Å². The van der Waals surface area contributed by atoms with Crippen molar-refractivity contribution in [1.82, 2.24) is 0 Å². The van der Waals surface area contributed by atoms with Gasteiger partial charge in [0.15, 0.2) is 0 Å². The molecule has 4 nitrogen and oxygen atoms in total. The van der Waals surface area contributed by atoms with E-state index in [0.717, 1.165) is 25.7 Å². The quantitative estimate of drug-likeness (QED) is 0.0650. The maximum Gasteiger partial charge on any atom is 0.306 e. The number of aliphatic hydroxyl groups excluding tert-OH is 1. The Morgan fingerprint density at radius 2 is 1.17 bits per heavy atom. The fourth-order valence-corrected chi connectivity index (χ4v) is 4.18. The van der Waals surface area contributed by atoms with E-state index in [1.807, 2.05) is 0 Å². The number of carbonyl (C=O) groups excluding carboxylic acids is 1. The Morgan fingerprint density at radius 1 is 0.667 bits per heavy atom. The molecule has 0 aromatic rings. The second kappa shape index (κ2) is 30.1. The van der Waals surface area contributed by atoms with Gasteiger partial charge in [-0.15, -0.1) is 0 Å². The standard InChI is InChI=1S/C32H60O4/c1-3-5-7-9-11-13-14-15-16-17-18-19-20-22-24-26-28-35-30-31(29-33)36-32(34)27-25-23-21-12-10-8-6-4-2/h11,13,15-16,31,33H,3-10,12,14,17-30H2,1-2H3/b13-11-,16-15-. The van der Waals surface area contributed by atoms with Crippen molar-refractivity contribution < 1.29 is 19.4 Å². The van der Waals surface area contributed by atoms with Crippen molar-refractivity contribution >= 4 is 5.97 Å². The van der Waals surface area contributed by atoms with Crippen LogP contribution in [0.15, 0.2) is 24.3 Å². The molecule has 0 saturated carbocycles. The van der Waals surface area contributed by atoms with E-state index in [1.165, 1.54) is 103 Å². The average molecular weight is 509 g/mol. The highest BCUT2D eigenvalue weighted by atomic mass is 16.6. The molecule has 0 fully saturated rings. The van der Waals surface area contributed by atoms with Gasteiger partial charge in [-0.3, -0.25) is 4.79 Å². The van der Waals surface area contributed by atoms with Crippen molar-refractivity contribution in [2.24, 2.45) is 0 Å². The summed E-state index contributed by atoms with van der Waals surface area (Å²) in [5, 5.41) is 9.47. The molecule has 0 bridgehead atoms. The minimum absolute atomic E-state index is 0.174. The van der Waals surface area contributed by atoms with Crippen molar-refractivity contribution in [3.63, 3.8) is 0 Å². The fraction of sp³-hybridized carbons (Fsp3) is 0.844. The van der Waals surface area contributed by atoms with Gasteiger partial charge in [-0.1, -0.05) is 122 Å². The number of allylic oxidation sites excluding steroid dienone is 4. The maximum atomic E-state index is 12.0. The van der Waals surface area contributed by atoms with Gasteiger partial charge in [-0.25, -0.2) is 0 Å². The SMILES string of the molecule is CCCCC/C=C\C/C=C\CCCCCCCCOCC(CO)OC(=O)CCCCCCCCCC. The lowest BCUT2D eigenvalue weighted by molar-refractivity contribution is -0.154. The first-order chi connectivity index (χ1) is 17.7. The molecule has 0 aliphatic rings. The van der Waals surface area contributed by atoms with E-state index in [-0.39, 0.29) is 12.6 Å². The molecule has 4 heteroatoms. The van der Waals surface area contributed by atoms with Gasteiger partial charge in [-0.05, 0) is 44.9 Å². The molecular weight excluding hydrogens is 448 g/mol. The van der Waals surface area contributed by atoms with Crippen LogP contribution in [0.25, 0.3) is 0 Å². The zero-order valence-corrected chi connectivity index (χ0v) is 24.0. The largest absolute Gasteiger partial charge is 0.457 e. The summed E-state index contributed by atoms with van der Waals surface area (Å²) in [6, 6.07) is 0. The number of rotatable bonds is 28. The summed E-state index contributed by atoms with van der Waals surface area (Å²) in [6.45, 7) is 5.26. The number of unbranched alkanes of at least 4 members (excludes halogenated alkanes) is 16. The second-order valence-corrected chi connectivity index (χ2v) is 10.2. The van der Waals surface area contributed by atoms with Crippen LogP contribution < -0.4 is 0 Å². The number of hydrogen-bond donors (Lipinski definition) is 1. The Bertz CT molecular complexity index is 500. The normalized spacial score (nSPS) is 12.6. The molecule has 0 aromatic carbocycles. The Kier molecular flexibility index (Phi) is 29.2. The molecule has 1 atom stereocenters. The molecule has 1 unspecified atom stereocenters. The number of ether oxygens (including phenoxy) is 2. The van der Waals surface area contributed by atoms with Crippen molar-refractivity contribution in [3.8, 4) is 0 Å².